The van der Waals surface area contributed by atoms with Crippen LogP contribution in [0.2, 0.25) is 0 Å². The number of hydrogen-bond donors (Lipinski definition) is 2. The molecule has 7 heteroatoms. The van der Waals surface area contributed by atoms with Crippen molar-refractivity contribution >= 4 is 67.5 Å². The van der Waals surface area contributed by atoms with E-state index in [4.69, 9.17) is 0 Å². The Labute approximate surface area is 215 Å². The molecule has 178 valence electrons. The van der Waals surface area contributed by atoms with Crippen LogP contribution >= 0.6 is 67.5 Å². The second-order valence-electron chi connectivity index (χ2n) is 10.9. The zero-order valence-electron chi connectivity index (χ0n) is 19.2. The molecule has 6 aliphatic carbocycles. The van der Waals surface area contributed by atoms with Crippen molar-refractivity contribution in [1.29, 1.82) is 0 Å². The molecule has 2 nitrogen and oxygen atoms in total. The Morgan fingerprint density at radius 1 is 0.724 bits per heavy atom. The summed E-state index contributed by atoms with van der Waals surface area (Å²) in [6, 6.07) is 0.768. The van der Waals surface area contributed by atoms with Crippen LogP contribution in [0.4, 0.5) is 0 Å². The predicted octanol–water partition coefficient (Wildman–Crippen LogP) is 4.87. The lowest BCUT2D eigenvalue weighted by molar-refractivity contribution is -0.115. The molecule has 0 aromatic rings. The molecule has 0 heterocycles. The molecule has 6 saturated carbocycles. The Morgan fingerprint density at radius 3 is 1.83 bits per heavy atom. The first-order valence-electron chi connectivity index (χ1n) is 10.8. The van der Waals surface area contributed by atoms with E-state index in [0.29, 0.717) is 10.8 Å². The van der Waals surface area contributed by atoms with Crippen molar-refractivity contribution in [3.8, 4) is 0 Å². The number of hydrogen-bond acceptors (Lipinski definition) is 2. The van der Waals surface area contributed by atoms with E-state index < -0.39 is 0 Å². The smallest absolute Gasteiger partial charge is 0.00989 e. The third kappa shape index (κ3) is 5.78. The molecular formula is C22H50N2S5. The molecule has 0 amide bonds. The lowest BCUT2D eigenvalue weighted by atomic mass is 9.45. The molecule has 6 aliphatic rings. The molecule has 2 unspecified atom stereocenters. The topological polar surface area (TPSA) is 24.1 Å². The van der Waals surface area contributed by atoms with Crippen LogP contribution in [0.5, 0.6) is 0 Å². The SMILES string of the molecule is C[C@@H]1[C@@H](NCCNCC2CCC3C[C@@H]2C3(C)C)C[C@H]2C[C@@H]1C2(C)C.S.S.S.S.S. The molecule has 0 aliphatic heterocycles. The first-order chi connectivity index (χ1) is 11.3. The first-order valence-corrected chi connectivity index (χ1v) is 10.8. The van der Waals surface area contributed by atoms with Gasteiger partial charge < -0.3 is 10.6 Å². The fourth-order valence-electron chi connectivity index (χ4n) is 7.26. The van der Waals surface area contributed by atoms with Gasteiger partial charge in [0.15, 0.2) is 0 Å². The molecule has 0 aromatic carbocycles. The highest BCUT2D eigenvalue weighted by Gasteiger charge is 2.56. The highest BCUT2D eigenvalue weighted by molar-refractivity contribution is 7.60. The second-order valence-corrected chi connectivity index (χ2v) is 10.9. The van der Waals surface area contributed by atoms with E-state index in [1.54, 1.807) is 0 Å². The van der Waals surface area contributed by atoms with Gasteiger partial charge in [0.25, 0.3) is 0 Å². The predicted molar refractivity (Wildman–Crippen MR) is 154 cm³/mol. The molecule has 6 rings (SSSR count). The Hall–Kier alpha value is 1.67. The second kappa shape index (κ2) is 12.2. The van der Waals surface area contributed by atoms with Crippen LogP contribution in [0.1, 0.15) is 66.7 Å². The van der Waals surface area contributed by atoms with E-state index in [1.165, 1.54) is 38.6 Å². The van der Waals surface area contributed by atoms with Crippen LogP contribution < -0.4 is 10.6 Å². The normalized spacial score (nSPS) is 39.4. The molecule has 0 saturated heterocycles. The van der Waals surface area contributed by atoms with E-state index in [0.717, 1.165) is 54.6 Å². The maximum Gasteiger partial charge on any atom is 0.00989 e. The van der Waals surface area contributed by atoms with Gasteiger partial charge in [-0.05, 0) is 85.0 Å². The van der Waals surface area contributed by atoms with Crippen LogP contribution in [-0.4, -0.2) is 25.7 Å². The third-order valence-corrected chi connectivity index (χ3v) is 9.47. The summed E-state index contributed by atoms with van der Waals surface area (Å²) in [6.07, 6.45) is 7.36. The highest BCUT2D eigenvalue weighted by Crippen LogP contribution is 2.62. The minimum Gasteiger partial charge on any atom is -0.315 e. The summed E-state index contributed by atoms with van der Waals surface area (Å²) in [5.74, 6) is 5.74. The lowest BCUT2D eigenvalue weighted by Crippen LogP contribution is -2.60. The minimum atomic E-state index is 0. The van der Waals surface area contributed by atoms with Gasteiger partial charge in [0.05, 0.1) is 0 Å². The van der Waals surface area contributed by atoms with E-state index >= 15 is 0 Å². The summed E-state index contributed by atoms with van der Waals surface area (Å²) in [5.41, 5.74) is 1.25. The zero-order chi connectivity index (χ0) is 17.1. The van der Waals surface area contributed by atoms with E-state index in [9.17, 15) is 0 Å². The molecular weight excluding hydrogens is 453 g/mol. The van der Waals surface area contributed by atoms with Crippen molar-refractivity contribution in [3.05, 3.63) is 0 Å². The molecule has 7 atom stereocenters. The fraction of sp³-hybridized carbons (Fsp3) is 1.00. The third-order valence-electron chi connectivity index (χ3n) is 9.47. The number of nitrogens with one attached hydrogen (secondary N) is 2. The summed E-state index contributed by atoms with van der Waals surface area (Å²) >= 11 is 0. The molecule has 0 spiro atoms. The van der Waals surface area contributed by atoms with Gasteiger partial charge in [0.1, 0.15) is 0 Å². The Kier molecular flexibility index (Phi) is 13.8. The van der Waals surface area contributed by atoms with Crippen molar-refractivity contribution < 1.29 is 0 Å². The van der Waals surface area contributed by atoms with E-state index in [1.807, 2.05) is 0 Å². The lowest BCUT2D eigenvalue weighted by Gasteiger charge is -2.62. The van der Waals surface area contributed by atoms with Crippen LogP contribution in [0.15, 0.2) is 0 Å². The van der Waals surface area contributed by atoms with Crippen molar-refractivity contribution in [2.45, 2.75) is 72.8 Å². The van der Waals surface area contributed by atoms with Crippen LogP contribution in [0.3, 0.4) is 0 Å². The molecule has 0 radical (unpaired) electrons. The van der Waals surface area contributed by atoms with Gasteiger partial charge in [-0.15, -0.1) is 0 Å². The van der Waals surface area contributed by atoms with Crippen molar-refractivity contribution in [3.63, 3.8) is 0 Å². The van der Waals surface area contributed by atoms with Crippen LogP contribution in [0, 0.1) is 46.3 Å². The summed E-state index contributed by atoms with van der Waals surface area (Å²) in [6.45, 7) is 16.1. The molecule has 4 bridgehead atoms. The Bertz CT molecular complexity index is 486. The average molecular weight is 503 g/mol. The molecule has 2 N–H and O–H groups in total. The number of rotatable bonds is 6. The van der Waals surface area contributed by atoms with Gasteiger partial charge >= 0.3 is 0 Å². The molecule has 0 aromatic heterocycles. The quantitative estimate of drug-likeness (QED) is 0.506. The van der Waals surface area contributed by atoms with Crippen molar-refractivity contribution in [2.24, 2.45) is 46.3 Å². The molecule has 6 fully saturated rings. The largest absolute Gasteiger partial charge is 0.315 e. The van der Waals surface area contributed by atoms with E-state index in [2.05, 4.69) is 45.3 Å². The van der Waals surface area contributed by atoms with Gasteiger partial charge in [-0.25, -0.2) is 0 Å². The monoisotopic (exact) mass is 502 g/mol. The first kappa shape index (κ1) is 32.8. The number of fused-ring (bicyclic) bond motifs is 4. The van der Waals surface area contributed by atoms with Gasteiger partial charge in [-0.1, -0.05) is 34.6 Å². The summed E-state index contributed by atoms with van der Waals surface area (Å²) in [7, 11) is 0. The maximum absolute atomic E-state index is 3.88. The standard InChI is InChI=1S/C22H40N2.5H2S/c1-14-18-11-17(22(18,4)5)12-20(14)24-9-8-23-13-15-6-7-16-10-19(15)21(16,2)3;;;;;/h14-20,23-24H,6-13H2,1-5H3;5*1H2/t14-,15?,16?,17+,18-,19-,20-;;;;;/m0...../s1. The minimum absolute atomic E-state index is 0. The Morgan fingerprint density at radius 2 is 1.31 bits per heavy atom. The summed E-state index contributed by atoms with van der Waals surface area (Å²) in [5, 5.41) is 7.66. The average Bonchev–Trinajstić information content (AvgIpc) is 2.55. The van der Waals surface area contributed by atoms with E-state index in [-0.39, 0.29) is 67.5 Å². The fourth-order valence-corrected chi connectivity index (χ4v) is 7.26. The summed E-state index contributed by atoms with van der Waals surface area (Å²) in [4.78, 5) is 0. The van der Waals surface area contributed by atoms with Crippen molar-refractivity contribution in [2.75, 3.05) is 19.6 Å². The van der Waals surface area contributed by atoms with Gasteiger partial charge in [-0.2, -0.15) is 67.5 Å². The zero-order valence-corrected chi connectivity index (χ0v) is 24.2. The van der Waals surface area contributed by atoms with Crippen LogP contribution in [-0.2, 0) is 0 Å². The highest BCUT2D eigenvalue weighted by atomic mass is 32.1. The molecule has 29 heavy (non-hydrogen) atoms. The Balaban J connectivity index is 0. The maximum atomic E-state index is 3.88. The van der Waals surface area contributed by atoms with Gasteiger partial charge in [-0.3, -0.25) is 0 Å². The van der Waals surface area contributed by atoms with Gasteiger partial charge in [0, 0.05) is 19.1 Å². The van der Waals surface area contributed by atoms with Crippen LogP contribution in [0.25, 0.3) is 0 Å². The van der Waals surface area contributed by atoms with Gasteiger partial charge in [0.2, 0.25) is 0 Å². The van der Waals surface area contributed by atoms with Crippen molar-refractivity contribution in [1.82, 2.24) is 10.6 Å². The summed E-state index contributed by atoms with van der Waals surface area (Å²) < 4.78 is 0.